The van der Waals surface area contributed by atoms with E-state index >= 15 is 0 Å². The summed E-state index contributed by atoms with van der Waals surface area (Å²) in [4.78, 5) is 42.6. The number of amides is 1. The Balaban J connectivity index is 1.73. The summed E-state index contributed by atoms with van der Waals surface area (Å²) in [5, 5.41) is 0.575. The van der Waals surface area contributed by atoms with Crippen molar-refractivity contribution in [2.45, 2.75) is 13.0 Å². The molecule has 4 aromatic rings. The summed E-state index contributed by atoms with van der Waals surface area (Å²) >= 11 is 5.96. The molecule has 0 fully saturated rings. The van der Waals surface area contributed by atoms with E-state index in [1.165, 1.54) is 22.6 Å². The molecule has 0 spiro atoms. The second-order valence-corrected chi connectivity index (χ2v) is 8.48. The number of carbonyl (C=O) groups excluding carboxylic acids is 1. The third kappa shape index (κ3) is 5.42. The van der Waals surface area contributed by atoms with Gasteiger partial charge in [-0.15, -0.1) is 0 Å². The maximum atomic E-state index is 13.6. The van der Waals surface area contributed by atoms with E-state index in [0.717, 1.165) is 11.1 Å². The van der Waals surface area contributed by atoms with Crippen LogP contribution in [-0.4, -0.2) is 35.7 Å². The van der Waals surface area contributed by atoms with Gasteiger partial charge in [-0.1, -0.05) is 41.9 Å². The molecule has 0 unspecified atom stereocenters. The Morgan fingerprint density at radius 2 is 1.81 bits per heavy atom. The van der Waals surface area contributed by atoms with Crippen molar-refractivity contribution in [3.05, 3.63) is 104 Å². The number of nitrogens with one attached hydrogen (secondary N) is 1. The fourth-order valence-corrected chi connectivity index (χ4v) is 3.92. The number of benzene rings is 2. The molecule has 4 rings (SSSR count). The molecule has 0 saturated carbocycles. The van der Waals surface area contributed by atoms with Crippen molar-refractivity contribution < 1.29 is 13.9 Å². The highest BCUT2D eigenvalue weighted by molar-refractivity contribution is 6.30. The Kier molecular flexibility index (Phi) is 7.72. The minimum absolute atomic E-state index is 0.0111. The second kappa shape index (κ2) is 11.1. The molecule has 2 aromatic carbocycles. The molecule has 10 heteroatoms. The number of methoxy groups -OCH3 is 1. The van der Waals surface area contributed by atoms with E-state index in [0.29, 0.717) is 23.8 Å². The number of anilines is 2. The van der Waals surface area contributed by atoms with Crippen LogP contribution in [-0.2, 0) is 11.3 Å². The van der Waals surface area contributed by atoms with Crippen molar-refractivity contribution in [2.75, 3.05) is 30.9 Å². The van der Waals surface area contributed by atoms with Gasteiger partial charge in [0.15, 0.2) is 11.4 Å². The first-order valence-corrected chi connectivity index (χ1v) is 11.6. The van der Waals surface area contributed by atoms with Gasteiger partial charge in [-0.3, -0.25) is 24.0 Å². The molecule has 0 aliphatic rings. The summed E-state index contributed by atoms with van der Waals surface area (Å²) in [5.74, 6) is -0.226. The van der Waals surface area contributed by atoms with Gasteiger partial charge < -0.3 is 14.9 Å². The highest BCUT2D eigenvalue weighted by atomic mass is 35.5. The average molecular weight is 509 g/mol. The molecule has 186 valence electrons. The molecule has 9 nitrogen and oxygen atoms in total. The number of hydrogen-bond acceptors (Lipinski definition) is 6. The van der Waals surface area contributed by atoms with Crippen LogP contribution in [0.1, 0.15) is 22.5 Å². The topological polar surface area (TPSA) is 124 Å². The molecule has 3 N–H and O–H groups in total. The lowest BCUT2D eigenvalue weighted by Gasteiger charge is -2.23. The summed E-state index contributed by atoms with van der Waals surface area (Å²) in [6, 6.07) is 19.3. The number of halogens is 1. The Morgan fingerprint density at radius 1 is 1.08 bits per heavy atom. The number of furan rings is 1. The largest absolute Gasteiger partial charge is 0.451 e. The Morgan fingerprint density at radius 3 is 2.50 bits per heavy atom. The summed E-state index contributed by atoms with van der Waals surface area (Å²) in [6.07, 6.45) is 0.420. The maximum absolute atomic E-state index is 13.6. The highest BCUT2D eigenvalue weighted by Crippen LogP contribution is 2.26. The monoisotopic (exact) mass is 508 g/mol. The number of carbonyl (C=O) groups is 1. The zero-order valence-corrected chi connectivity index (χ0v) is 20.3. The zero-order chi connectivity index (χ0) is 25.7. The van der Waals surface area contributed by atoms with Crippen LogP contribution in [0.5, 0.6) is 0 Å². The van der Waals surface area contributed by atoms with Gasteiger partial charge in [0, 0.05) is 30.8 Å². The van der Waals surface area contributed by atoms with Gasteiger partial charge >= 0.3 is 5.69 Å². The number of nitrogens with zero attached hydrogens (tertiary/aromatic N) is 2. The molecular weight excluding hydrogens is 484 g/mol. The summed E-state index contributed by atoms with van der Waals surface area (Å²) in [6.45, 7) is 0.580. The van der Waals surface area contributed by atoms with Crippen LogP contribution in [0.4, 0.5) is 11.5 Å². The van der Waals surface area contributed by atoms with Gasteiger partial charge in [-0.25, -0.2) is 4.79 Å². The molecule has 0 aliphatic heterocycles. The van der Waals surface area contributed by atoms with Gasteiger partial charge in [0.2, 0.25) is 0 Å². The third-order valence-corrected chi connectivity index (χ3v) is 5.84. The third-order valence-electron chi connectivity index (χ3n) is 5.59. The summed E-state index contributed by atoms with van der Waals surface area (Å²) in [7, 11) is 1.54. The van der Waals surface area contributed by atoms with E-state index in [9.17, 15) is 14.4 Å². The van der Waals surface area contributed by atoms with E-state index < -0.39 is 17.2 Å². The molecule has 0 bridgehead atoms. The lowest BCUT2D eigenvalue weighted by atomic mass is 10.2. The number of aromatic amines is 1. The second-order valence-electron chi connectivity index (χ2n) is 8.04. The molecule has 0 aliphatic carbocycles. The smallest absolute Gasteiger partial charge is 0.330 e. The zero-order valence-electron chi connectivity index (χ0n) is 19.6. The van der Waals surface area contributed by atoms with Gasteiger partial charge in [-0.05, 0) is 48.4 Å². The van der Waals surface area contributed by atoms with E-state index in [2.05, 4.69) is 4.98 Å². The lowest BCUT2D eigenvalue weighted by Crippen LogP contribution is -2.42. The van der Waals surface area contributed by atoms with Crippen LogP contribution in [0.15, 0.2) is 80.7 Å². The van der Waals surface area contributed by atoms with Crippen molar-refractivity contribution in [1.29, 1.82) is 0 Å². The van der Waals surface area contributed by atoms with Gasteiger partial charge in [0.1, 0.15) is 11.6 Å². The summed E-state index contributed by atoms with van der Waals surface area (Å²) < 4.78 is 12.2. The average Bonchev–Trinajstić information content (AvgIpc) is 3.37. The number of ether oxygens (including phenoxy) is 1. The van der Waals surface area contributed by atoms with E-state index in [4.69, 9.17) is 26.5 Å². The lowest BCUT2D eigenvalue weighted by molar-refractivity contribution is 0.0957. The van der Waals surface area contributed by atoms with Crippen LogP contribution in [0.2, 0.25) is 5.02 Å². The first-order chi connectivity index (χ1) is 17.4. The van der Waals surface area contributed by atoms with E-state index in [1.54, 1.807) is 30.3 Å². The van der Waals surface area contributed by atoms with Crippen LogP contribution in [0.25, 0.3) is 11.3 Å². The highest BCUT2D eigenvalue weighted by Gasteiger charge is 2.27. The molecule has 0 saturated heterocycles. The first kappa shape index (κ1) is 25.0. The predicted octanol–water partition coefficient (Wildman–Crippen LogP) is 3.76. The molecule has 0 radical (unpaired) electrons. The normalized spacial score (nSPS) is 10.9. The number of hydrogen-bond donors (Lipinski definition) is 2. The van der Waals surface area contributed by atoms with E-state index in [-0.39, 0.29) is 30.4 Å². The van der Waals surface area contributed by atoms with Crippen molar-refractivity contribution >= 4 is 29.0 Å². The van der Waals surface area contributed by atoms with Crippen LogP contribution >= 0.6 is 11.6 Å². The van der Waals surface area contributed by atoms with Gasteiger partial charge in [0.05, 0.1) is 6.54 Å². The summed E-state index contributed by atoms with van der Waals surface area (Å²) in [5.41, 5.74) is 6.31. The van der Waals surface area contributed by atoms with Crippen molar-refractivity contribution in [3.8, 4) is 11.3 Å². The quantitative estimate of drug-likeness (QED) is 0.332. The number of nitrogens with two attached hydrogens (primary N) is 1. The minimum Gasteiger partial charge on any atom is -0.451 e. The predicted molar refractivity (Wildman–Crippen MR) is 139 cm³/mol. The number of rotatable bonds is 9. The number of H-pyrrole nitrogens is 1. The van der Waals surface area contributed by atoms with Crippen LogP contribution in [0.3, 0.4) is 0 Å². The van der Waals surface area contributed by atoms with E-state index in [1.807, 2.05) is 30.3 Å². The SMILES string of the molecule is COCCCN(C(=O)c1ccc(-c2ccc(Cl)cc2)o1)c1c(N)n(Cc2ccccc2)c(=O)[nH]c1=O. The number of nitrogen functional groups attached to an aromatic ring is 1. The maximum Gasteiger partial charge on any atom is 0.330 e. The fraction of sp³-hybridized carbons (Fsp3) is 0.192. The van der Waals surface area contributed by atoms with Crippen LogP contribution in [0, 0.1) is 0 Å². The molecular formula is C26H25ClN4O5. The molecule has 2 aromatic heterocycles. The molecule has 1 amide bonds. The molecule has 36 heavy (non-hydrogen) atoms. The molecule has 0 atom stereocenters. The van der Waals surface area contributed by atoms with Crippen molar-refractivity contribution in [1.82, 2.24) is 9.55 Å². The van der Waals surface area contributed by atoms with Gasteiger partial charge in [0.25, 0.3) is 11.5 Å². The fourth-order valence-electron chi connectivity index (χ4n) is 3.80. The Hall–Kier alpha value is -4.08. The number of aromatic nitrogens is 2. The van der Waals surface area contributed by atoms with Crippen molar-refractivity contribution in [2.24, 2.45) is 0 Å². The minimum atomic E-state index is -0.767. The Bertz CT molecular complexity index is 1460. The van der Waals surface area contributed by atoms with Gasteiger partial charge in [-0.2, -0.15) is 0 Å². The first-order valence-electron chi connectivity index (χ1n) is 11.2. The standard InChI is InChI=1S/C26H25ClN4O5/c1-35-15-5-14-30(25(33)21-13-12-20(36-21)18-8-10-19(27)11-9-18)22-23(28)31(26(34)29-24(22)32)16-17-6-3-2-4-7-17/h2-4,6-13H,5,14-16,28H2,1H3,(H,29,32,34). The Labute approximate surface area is 211 Å². The molecule has 2 heterocycles. The van der Waals surface area contributed by atoms with Crippen LogP contribution < -0.4 is 21.9 Å². The van der Waals surface area contributed by atoms with Crippen molar-refractivity contribution in [3.63, 3.8) is 0 Å².